The lowest BCUT2D eigenvalue weighted by Crippen LogP contribution is -2.35. The van der Waals surface area contributed by atoms with E-state index in [1.54, 1.807) is 12.7 Å². The normalized spacial score (nSPS) is 19.0. The lowest BCUT2D eigenvalue weighted by molar-refractivity contribution is 0.765. The Morgan fingerprint density at radius 3 is 2.95 bits per heavy atom. The summed E-state index contributed by atoms with van der Waals surface area (Å²) in [6.45, 7) is 1.96. The van der Waals surface area contributed by atoms with Crippen LogP contribution in [0.1, 0.15) is 10.8 Å². The van der Waals surface area contributed by atoms with Gasteiger partial charge in [0.2, 0.25) is 0 Å². The maximum absolute atomic E-state index is 4.47. The number of hydrogen-bond acceptors (Lipinski definition) is 5. The Bertz CT molecular complexity index is 742. The monoisotopic (exact) mass is 297 g/mol. The highest BCUT2D eigenvalue weighted by Crippen LogP contribution is 2.35. The van der Waals surface area contributed by atoms with E-state index in [2.05, 4.69) is 55.2 Å². The largest absolute Gasteiger partial charge is 0.352 e. The molecule has 0 amide bonds. The number of imidazole rings is 1. The molecule has 0 radical (unpaired) electrons. The second kappa shape index (κ2) is 5.37. The molecule has 2 aromatic heterocycles. The number of nitrogens with one attached hydrogen (secondary N) is 1. The molecule has 0 saturated carbocycles. The van der Waals surface area contributed by atoms with Crippen LogP contribution < -0.4 is 4.90 Å². The van der Waals surface area contributed by atoms with Crippen LogP contribution in [0.15, 0.2) is 43.0 Å². The Hall–Kier alpha value is -2.08. The second-order valence-corrected chi connectivity index (χ2v) is 6.33. The van der Waals surface area contributed by atoms with Crippen molar-refractivity contribution in [1.82, 2.24) is 19.9 Å². The van der Waals surface area contributed by atoms with Crippen LogP contribution in [0.5, 0.6) is 0 Å². The van der Waals surface area contributed by atoms with E-state index >= 15 is 0 Å². The Morgan fingerprint density at radius 2 is 2.05 bits per heavy atom. The van der Waals surface area contributed by atoms with Gasteiger partial charge in [0.1, 0.15) is 11.8 Å². The van der Waals surface area contributed by atoms with Gasteiger partial charge in [-0.2, -0.15) is 11.8 Å². The average molecular weight is 297 g/mol. The number of H-pyrrole nitrogens is 1. The zero-order valence-corrected chi connectivity index (χ0v) is 12.3. The van der Waals surface area contributed by atoms with Gasteiger partial charge >= 0.3 is 0 Å². The number of benzene rings is 1. The molecule has 1 aromatic carbocycles. The van der Waals surface area contributed by atoms with Crippen molar-refractivity contribution in [2.24, 2.45) is 0 Å². The Labute approximate surface area is 126 Å². The van der Waals surface area contributed by atoms with Gasteiger partial charge in [-0.1, -0.05) is 30.3 Å². The smallest absolute Gasteiger partial charge is 0.182 e. The number of anilines is 1. The predicted molar refractivity (Wildman–Crippen MR) is 85.5 cm³/mol. The molecule has 1 unspecified atom stereocenters. The molecule has 1 aliphatic heterocycles. The molecule has 1 N–H and O–H groups in total. The van der Waals surface area contributed by atoms with E-state index in [9.17, 15) is 0 Å². The first-order chi connectivity index (χ1) is 10.4. The molecule has 21 heavy (non-hydrogen) atoms. The van der Waals surface area contributed by atoms with Gasteiger partial charge in [-0.25, -0.2) is 15.0 Å². The fourth-order valence-electron chi connectivity index (χ4n) is 2.70. The number of thioether (sulfide) groups is 1. The van der Waals surface area contributed by atoms with Crippen LogP contribution in [-0.4, -0.2) is 38.8 Å². The van der Waals surface area contributed by atoms with E-state index in [4.69, 9.17) is 0 Å². The van der Waals surface area contributed by atoms with Gasteiger partial charge in [-0.15, -0.1) is 0 Å². The second-order valence-electron chi connectivity index (χ2n) is 5.01. The summed E-state index contributed by atoms with van der Waals surface area (Å²) in [7, 11) is 0. The van der Waals surface area contributed by atoms with Crippen LogP contribution >= 0.6 is 11.8 Å². The van der Waals surface area contributed by atoms with Crippen LogP contribution in [0.4, 0.5) is 5.82 Å². The van der Waals surface area contributed by atoms with E-state index in [-0.39, 0.29) is 0 Å². The molecule has 1 atom stereocenters. The summed E-state index contributed by atoms with van der Waals surface area (Å²) >= 11 is 2.01. The summed E-state index contributed by atoms with van der Waals surface area (Å²) in [4.78, 5) is 18.4. The molecule has 1 aliphatic rings. The van der Waals surface area contributed by atoms with Gasteiger partial charge in [-0.05, 0) is 5.56 Å². The van der Waals surface area contributed by atoms with Crippen molar-refractivity contribution in [2.75, 3.05) is 23.7 Å². The third kappa shape index (κ3) is 2.35. The lowest BCUT2D eigenvalue weighted by atomic mass is 10.1. The summed E-state index contributed by atoms with van der Waals surface area (Å²) in [6, 6.07) is 10.7. The zero-order chi connectivity index (χ0) is 14.1. The number of fused-ring (bicyclic) bond motifs is 1. The van der Waals surface area contributed by atoms with Crippen molar-refractivity contribution < 1.29 is 0 Å². The quantitative estimate of drug-likeness (QED) is 0.788. The van der Waals surface area contributed by atoms with Crippen molar-refractivity contribution in [3.05, 3.63) is 48.5 Å². The summed E-state index contributed by atoms with van der Waals surface area (Å²) < 4.78 is 0. The van der Waals surface area contributed by atoms with Gasteiger partial charge in [0.25, 0.3) is 0 Å². The van der Waals surface area contributed by atoms with E-state index in [0.29, 0.717) is 5.25 Å². The molecule has 0 aliphatic carbocycles. The van der Waals surface area contributed by atoms with Crippen LogP contribution in [0.2, 0.25) is 0 Å². The number of aromatic amines is 1. The van der Waals surface area contributed by atoms with Crippen molar-refractivity contribution in [3.8, 4) is 0 Å². The minimum Gasteiger partial charge on any atom is -0.352 e. The van der Waals surface area contributed by atoms with E-state index in [1.165, 1.54) is 5.56 Å². The maximum Gasteiger partial charge on any atom is 0.182 e. The third-order valence-electron chi connectivity index (χ3n) is 3.74. The fraction of sp³-hybridized carbons (Fsp3) is 0.267. The van der Waals surface area contributed by atoms with Gasteiger partial charge in [0.05, 0.1) is 6.33 Å². The molecular weight excluding hydrogens is 282 g/mol. The SMILES string of the molecule is c1ccc(C2CN(c3ncnc4nc[nH]c34)CCS2)cc1. The summed E-state index contributed by atoms with van der Waals surface area (Å²) in [5.41, 5.74) is 3.04. The van der Waals surface area contributed by atoms with E-state index in [0.717, 1.165) is 35.8 Å². The molecule has 106 valence electrons. The summed E-state index contributed by atoms with van der Waals surface area (Å²) in [6.07, 6.45) is 3.27. The highest BCUT2D eigenvalue weighted by molar-refractivity contribution is 7.99. The highest BCUT2D eigenvalue weighted by atomic mass is 32.2. The summed E-state index contributed by atoms with van der Waals surface area (Å²) in [5, 5.41) is 0.480. The minimum absolute atomic E-state index is 0.480. The fourth-order valence-corrected chi connectivity index (χ4v) is 3.95. The van der Waals surface area contributed by atoms with Gasteiger partial charge in [-0.3, -0.25) is 0 Å². The first kappa shape index (κ1) is 12.6. The number of rotatable bonds is 2. The van der Waals surface area contributed by atoms with Crippen LogP contribution in [0.25, 0.3) is 11.2 Å². The van der Waals surface area contributed by atoms with Crippen LogP contribution in [0, 0.1) is 0 Å². The number of aromatic nitrogens is 4. The Balaban J connectivity index is 1.65. The molecule has 0 spiro atoms. The predicted octanol–water partition coefficient (Wildman–Crippen LogP) is 2.65. The standard InChI is InChI=1S/C15H15N5S/c1-2-4-11(5-3-1)12-8-20(6-7-21-12)15-13-14(17-9-16-13)18-10-19-15/h1-5,9-10,12H,6-8H2,(H,16,17,18,19). The summed E-state index contributed by atoms with van der Waals surface area (Å²) in [5.74, 6) is 2.05. The molecule has 5 nitrogen and oxygen atoms in total. The first-order valence-corrected chi connectivity index (χ1v) is 8.02. The first-order valence-electron chi connectivity index (χ1n) is 6.97. The Kier molecular flexibility index (Phi) is 3.23. The van der Waals surface area contributed by atoms with Crippen molar-refractivity contribution in [2.45, 2.75) is 5.25 Å². The molecular formula is C15H15N5S. The van der Waals surface area contributed by atoms with Crippen molar-refractivity contribution in [3.63, 3.8) is 0 Å². The topological polar surface area (TPSA) is 57.7 Å². The van der Waals surface area contributed by atoms with Crippen LogP contribution in [0.3, 0.4) is 0 Å². The number of nitrogens with zero attached hydrogens (tertiary/aromatic N) is 4. The Morgan fingerprint density at radius 1 is 1.14 bits per heavy atom. The molecule has 1 fully saturated rings. The lowest BCUT2D eigenvalue weighted by Gasteiger charge is -2.33. The molecule has 6 heteroatoms. The molecule has 0 bridgehead atoms. The average Bonchev–Trinajstić information content (AvgIpc) is 3.04. The number of hydrogen-bond donors (Lipinski definition) is 1. The maximum atomic E-state index is 4.47. The zero-order valence-electron chi connectivity index (χ0n) is 11.4. The molecule has 3 heterocycles. The molecule has 1 saturated heterocycles. The van der Waals surface area contributed by atoms with Gasteiger partial charge in [0, 0.05) is 24.1 Å². The third-order valence-corrected chi connectivity index (χ3v) is 4.98. The van der Waals surface area contributed by atoms with E-state index < -0.39 is 0 Å². The van der Waals surface area contributed by atoms with Crippen molar-refractivity contribution >= 4 is 28.7 Å². The van der Waals surface area contributed by atoms with Gasteiger partial charge < -0.3 is 9.88 Å². The van der Waals surface area contributed by atoms with E-state index in [1.807, 2.05) is 11.8 Å². The van der Waals surface area contributed by atoms with Gasteiger partial charge in [0.15, 0.2) is 11.5 Å². The molecule has 4 rings (SSSR count). The highest BCUT2D eigenvalue weighted by Gasteiger charge is 2.24. The van der Waals surface area contributed by atoms with Crippen molar-refractivity contribution in [1.29, 1.82) is 0 Å². The minimum atomic E-state index is 0.480. The van der Waals surface area contributed by atoms with Crippen LogP contribution in [-0.2, 0) is 0 Å². The molecule has 3 aromatic rings.